The van der Waals surface area contributed by atoms with Gasteiger partial charge in [-0.25, -0.2) is 0 Å². The molecule has 2 aromatic carbocycles. The minimum absolute atomic E-state index is 0.00493. The van der Waals surface area contributed by atoms with E-state index >= 15 is 0 Å². The predicted octanol–water partition coefficient (Wildman–Crippen LogP) is 4.39. The normalized spacial score (nSPS) is 10.3. The molecule has 0 radical (unpaired) electrons. The van der Waals surface area contributed by atoms with Gasteiger partial charge >= 0.3 is 0 Å². The number of para-hydroxylation sites is 1. The van der Waals surface area contributed by atoms with Gasteiger partial charge in [-0.1, -0.05) is 29.8 Å². The fourth-order valence-corrected chi connectivity index (χ4v) is 2.05. The number of aliphatic hydroxyl groups excluding tert-OH is 1. The summed E-state index contributed by atoms with van der Waals surface area (Å²) in [6.45, 7) is 0.00493. The van der Waals surface area contributed by atoms with Gasteiger partial charge in [0.2, 0.25) is 0 Å². The Balaban J connectivity index is 2.28. The second-order valence-electron chi connectivity index (χ2n) is 3.46. The first-order valence-electron chi connectivity index (χ1n) is 5.02. The molecule has 0 aromatic heterocycles. The summed E-state index contributed by atoms with van der Waals surface area (Å²) in [6.07, 6.45) is 0. The summed E-state index contributed by atoms with van der Waals surface area (Å²) in [5.41, 5.74) is 0.823. The molecule has 2 nitrogen and oxygen atoms in total. The highest BCUT2D eigenvalue weighted by Gasteiger charge is 2.06. The molecular weight excluding hydrogens is 303 g/mol. The molecule has 0 amide bonds. The summed E-state index contributed by atoms with van der Waals surface area (Å²) in [5, 5.41) is 9.56. The highest BCUT2D eigenvalue weighted by atomic mass is 79.9. The summed E-state index contributed by atoms with van der Waals surface area (Å²) < 4.78 is 6.46. The average molecular weight is 314 g/mol. The van der Waals surface area contributed by atoms with Crippen LogP contribution in [0.2, 0.25) is 5.02 Å². The molecule has 2 rings (SSSR count). The highest BCUT2D eigenvalue weighted by Crippen LogP contribution is 2.33. The largest absolute Gasteiger partial charge is 0.455 e. The molecule has 1 N–H and O–H groups in total. The van der Waals surface area contributed by atoms with Crippen molar-refractivity contribution in [3.8, 4) is 11.5 Å². The van der Waals surface area contributed by atoms with Gasteiger partial charge in [-0.2, -0.15) is 0 Å². The van der Waals surface area contributed by atoms with Crippen LogP contribution in [0.15, 0.2) is 46.9 Å². The lowest BCUT2D eigenvalue weighted by Gasteiger charge is -2.09. The molecule has 0 spiro atoms. The maximum Gasteiger partial charge on any atom is 0.146 e. The predicted molar refractivity (Wildman–Crippen MR) is 71.6 cm³/mol. The minimum atomic E-state index is 0.00493. The summed E-state index contributed by atoms with van der Waals surface area (Å²) in [7, 11) is 0. The first kappa shape index (κ1) is 12.4. The Hall–Kier alpha value is -1.03. The summed E-state index contributed by atoms with van der Waals surface area (Å²) >= 11 is 9.40. The molecule has 0 heterocycles. The third-order valence-electron chi connectivity index (χ3n) is 2.24. The Labute approximate surface area is 113 Å². The topological polar surface area (TPSA) is 29.5 Å². The third kappa shape index (κ3) is 3.00. The van der Waals surface area contributed by atoms with Crippen molar-refractivity contribution in [1.29, 1.82) is 0 Å². The Bertz CT molecular complexity index is 529. The van der Waals surface area contributed by atoms with Crippen molar-refractivity contribution in [3.63, 3.8) is 0 Å². The Morgan fingerprint density at radius 1 is 1.12 bits per heavy atom. The molecule has 4 heteroatoms. The zero-order valence-corrected chi connectivity index (χ0v) is 11.2. The Kier molecular flexibility index (Phi) is 4.05. The quantitative estimate of drug-likeness (QED) is 0.911. The SMILES string of the molecule is OCc1ccc(Oc2ccccc2Cl)c(Br)c1. The molecule has 0 aliphatic carbocycles. The van der Waals surface area contributed by atoms with Crippen LogP contribution in [0.25, 0.3) is 0 Å². The molecule has 88 valence electrons. The lowest BCUT2D eigenvalue weighted by atomic mass is 10.2. The number of aliphatic hydroxyl groups is 1. The fourth-order valence-electron chi connectivity index (χ4n) is 1.37. The van der Waals surface area contributed by atoms with Crippen LogP contribution in [0.1, 0.15) is 5.56 Å². The summed E-state index contributed by atoms with van der Waals surface area (Å²) in [6, 6.07) is 12.7. The first-order chi connectivity index (χ1) is 8.20. The van der Waals surface area contributed by atoms with Gasteiger partial charge < -0.3 is 9.84 Å². The van der Waals surface area contributed by atoms with Crippen molar-refractivity contribution >= 4 is 27.5 Å². The van der Waals surface area contributed by atoms with E-state index in [2.05, 4.69) is 15.9 Å². The minimum Gasteiger partial charge on any atom is -0.455 e. The zero-order chi connectivity index (χ0) is 12.3. The van der Waals surface area contributed by atoms with Crippen molar-refractivity contribution in [2.75, 3.05) is 0 Å². The van der Waals surface area contributed by atoms with E-state index in [1.165, 1.54) is 0 Å². The van der Waals surface area contributed by atoms with Crippen LogP contribution in [0, 0.1) is 0 Å². The number of hydrogen-bond donors (Lipinski definition) is 1. The van der Waals surface area contributed by atoms with Gasteiger partial charge in [0, 0.05) is 0 Å². The second-order valence-corrected chi connectivity index (χ2v) is 4.72. The third-order valence-corrected chi connectivity index (χ3v) is 3.17. The van der Waals surface area contributed by atoms with E-state index < -0.39 is 0 Å². The molecular formula is C13H10BrClO2. The maximum atomic E-state index is 9.00. The Morgan fingerprint density at radius 3 is 2.53 bits per heavy atom. The number of benzene rings is 2. The van der Waals surface area contributed by atoms with Gasteiger partial charge in [0.15, 0.2) is 0 Å². The highest BCUT2D eigenvalue weighted by molar-refractivity contribution is 9.10. The molecule has 0 fully saturated rings. The lowest BCUT2D eigenvalue weighted by Crippen LogP contribution is -1.88. The van der Waals surface area contributed by atoms with Crippen LogP contribution in [0.4, 0.5) is 0 Å². The lowest BCUT2D eigenvalue weighted by molar-refractivity contribution is 0.281. The smallest absolute Gasteiger partial charge is 0.146 e. The van der Waals surface area contributed by atoms with Crippen LogP contribution in [-0.4, -0.2) is 5.11 Å². The second kappa shape index (κ2) is 5.54. The monoisotopic (exact) mass is 312 g/mol. The number of ether oxygens (including phenoxy) is 1. The van der Waals surface area contributed by atoms with E-state index in [1.54, 1.807) is 24.3 Å². The van der Waals surface area contributed by atoms with Gasteiger partial charge in [0.25, 0.3) is 0 Å². The van der Waals surface area contributed by atoms with Gasteiger partial charge in [0.1, 0.15) is 11.5 Å². The van der Waals surface area contributed by atoms with Gasteiger partial charge in [-0.15, -0.1) is 0 Å². The van der Waals surface area contributed by atoms with Gasteiger partial charge in [0.05, 0.1) is 16.1 Å². The molecule has 17 heavy (non-hydrogen) atoms. The zero-order valence-electron chi connectivity index (χ0n) is 8.86. The average Bonchev–Trinajstić information content (AvgIpc) is 2.34. The summed E-state index contributed by atoms with van der Waals surface area (Å²) in [4.78, 5) is 0. The van der Waals surface area contributed by atoms with Crippen molar-refractivity contribution in [2.24, 2.45) is 0 Å². The molecule has 0 atom stereocenters. The molecule has 0 aliphatic rings. The standard InChI is InChI=1S/C13H10BrClO2/c14-10-7-9(8-16)5-6-12(10)17-13-4-2-1-3-11(13)15/h1-7,16H,8H2. The van der Waals surface area contributed by atoms with Crippen LogP contribution < -0.4 is 4.74 Å². The van der Waals surface area contributed by atoms with Gasteiger partial charge in [-0.05, 0) is 45.8 Å². The van der Waals surface area contributed by atoms with E-state index in [0.29, 0.717) is 16.5 Å². The number of halogens is 2. The van der Waals surface area contributed by atoms with E-state index in [9.17, 15) is 0 Å². The van der Waals surface area contributed by atoms with E-state index in [0.717, 1.165) is 10.0 Å². The molecule has 2 aromatic rings. The number of hydrogen-bond acceptors (Lipinski definition) is 2. The Morgan fingerprint density at radius 2 is 1.88 bits per heavy atom. The van der Waals surface area contributed by atoms with Crippen LogP contribution in [-0.2, 0) is 6.61 Å². The molecule has 0 aliphatic heterocycles. The van der Waals surface area contributed by atoms with E-state index in [4.69, 9.17) is 21.4 Å². The van der Waals surface area contributed by atoms with E-state index in [-0.39, 0.29) is 6.61 Å². The van der Waals surface area contributed by atoms with Crippen molar-refractivity contribution in [2.45, 2.75) is 6.61 Å². The van der Waals surface area contributed by atoms with Gasteiger partial charge in [-0.3, -0.25) is 0 Å². The van der Waals surface area contributed by atoms with Crippen LogP contribution in [0.5, 0.6) is 11.5 Å². The number of rotatable bonds is 3. The molecule has 0 unspecified atom stereocenters. The maximum absolute atomic E-state index is 9.00. The van der Waals surface area contributed by atoms with E-state index in [1.807, 2.05) is 18.2 Å². The molecule has 0 saturated heterocycles. The van der Waals surface area contributed by atoms with Crippen molar-refractivity contribution < 1.29 is 9.84 Å². The van der Waals surface area contributed by atoms with Crippen LogP contribution >= 0.6 is 27.5 Å². The molecule has 0 bridgehead atoms. The van der Waals surface area contributed by atoms with Crippen molar-refractivity contribution in [3.05, 3.63) is 57.5 Å². The van der Waals surface area contributed by atoms with Crippen molar-refractivity contribution in [1.82, 2.24) is 0 Å². The fraction of sp³-hybridized carbons (Fsp3) is 0.0769. The van der Waals surface area contributed by atoms with Crippen LogP contribution in [0.3, 0.4) is 0 Å². The first-order valence-corrected chi connectivity index (χ1v) is 6.19. The summed E-state index contributed by atoms with van der Waals surface area (Å²) in [5.74, 6) is 1.27. The molecule has 0 saturated carbocycles.